The maximum absolute atomic E-state index is 12.5. The molecule has 6 heteroatoms. The van der Waals surface area contributed by atoms with Crippen LogP contribution in [0.15, 0.2) is 41.8 Å². The second kappa shape index (κ2) is 4.81. The highest BCUT2D eigenvalue weighted by atomic mass is 16.4. The number of carboxylic acid groups (broad SMARTS) is 1. The number of imidazole rings is 1. The quantitative estimate of drug-likeness (QED) is 0.788. The number of rotatable bonds is 2. The third-order valence-corrected chi connectivity index (χ3v) is 4.57. The van der Waals surface area contributed by atoms with Gasteiger partial charge in [0.2, 0.25) is 5.43 Å². The first-order valence-electron chi connectivity index (χ1n) is 7.50. The van der Waals surface area contributed by atoms with Crippen molar-refractivity contribution in [3.63, 3.8) is 0 Å². The number of aromatic carboxylic acids is 1. The van der Waals surface area contributed by atoms with Crippen LogP contribution in [0.4, 0.5) is 0 Å². The van der Waals surface area contributed by atoms with Crippen molar-refractivity contribution in [2.75, 3.05) is 0 Å². The van der Waals surface area contributed by atoms with Crippen LogP contribution in [0.2, 0.25) is 0 Å². The minimum atomic E-state index is -1.18. The van der Waals surface area contributed by atoms with Crippen LogP contribution in [-0.4, -0.2) is 25.2 Å². The molecule has 1 unspecified atom stereocenters. The summed E-state index contributed by atoms with van der Waals surface area (Å²) < 4.78 is 3.85. The van der Waals surface area contributed by atoms with Gasteiger partial charge in [-0.05, 0) is 31.9 Å². The molecule has 23 heavy (non-hydrogen) atoms. The molecular weight excluding hydrogens is 294 g/mol. The van der Waals surface area contributed by atoms with E-state index in [-0.39, 0.29) is 11.6 Å². The van der Waals surface area contributed by atoms with Crippen molar-refractivity contribution in [1.29, 1.82) is 0 Å². The number of nitrogens with zero attached hydrogens (tertiary/aromatic N) is 3. The Morgan fingerprint density at radius 3 is 2.91 bits per heavy atom. The fraction of sp³-hybridized carbons (Fsp3) is 0.235. The summed E-state index contributed by atoms with van der Waals surface area (Å²) >= 11 is 0. The van der Waals surface area contributed by atoms with Gasteiger partial charge in [-0.3, -0.25) is 4.79 Å². The normalized spacial score (nSPS) is 16.7. The van der Waals surface area contributed by atoms with Crippen LogP contribution in [-0.2, 0) is 6.42 Å². The lowest BCUT2D eigenvalue weighted by molar-refractivity contribution is 0.0694. The summed E-state index contributed by atoms with van der Waals surface area (Å²) in [6.07, 6.45) is 8.53. The summed E-state index contributed by atoms with van der Waals surface area (Å²) in [7, 11) is 0. The lowest BCUT2D eigenvalue weighted by atomic mass is 9.94. The smallest absolute Gasteiger partial charge is 0.341 e. The van der Waals surface area contributed by atoms with Gasteiger partial charge in [0.1, 0.15) is 5.56 Å². The van der Waals surface area contributed by atoms with Crippen LogP contribution in [0.5, 0.6) is 0 Å². The Labute approximate surface area is 131 Å². The molecule has 0 radical (unpaired) electrons. The van der Waals surface area contributed by atoms with Crippen molar-refractivity contribution >= 4 is 16.9 Å². The van der Waals surface area contributed by atoms with Gasteiger partial charge in [0.15, 0.2) is 0 Å². The Kier molecular flexibility index (Phi) is 2.87. The van der Waals surface area contributed by atoms with Crippen LogP contribution < -0.4 is 5.43 Å². The van der Waals surface area contributed by atoms with Crippen molar-refractivity contribution in [1.82, 2.24) is 14.1 Å². The van der Waals surface area contributed by atoms with Gasteiger partial charge in [0.05, 0.1) is 17.5 Å². The molecule has 3 aromatic rings. The molecule has 0 spiro atoms. The summed E-state index contributed by atoms with van der Waals surface area (Å²) in [5.41, 5.74) is 2.29. The Bertz CT molecular complexity index is 986. The van der Waals surface area contributed by atoms with E-state index in [0.29, 0.717) is 5.39 Å². The molecule has 0 amide bonds. The van der Waals surface area contributed by atoms with E-state index < -0.39 is 11.4 Å². The first-order valence-corrected chi connectivity index (χ1v) is 7.50. The monoisotopic (exact) mass is 309 g/mol. The zero-order valence-electron chi connectivity index (χ0n) is 12.6. The second-order valence-electron chi connectivity index (χ2n) is 5.90. The predicted molar refractivity (Wildman–Crippen MR) is 85.3 cm³/mol. The zero-order chi connectivity index (χ0) is 16.1. The van der Waals surface area contributed by atoms with Gasteiger partial charge in [0.25, 0.3) is 0 Å². The summed E-state index contributed by atoms with van der Waals surface area (Å²) in [5.74, 6) is -1.18. The van der Waals surface area contributed by atoms with Crippen molar-refractivity contribution in [2.24, 2.45) is 0 Å². The molecule has 1 aromatic carbocycles. The fourth-order valence-electron chi connectivity index (χ4n) is 3.39. The zero-order valence-corrected chi connectivity index (χ0v) is 12.6. The highest BCUT2D eigenvalue weighted by Crippen LogP contribution is 2.33. The molecule has 0 fully saturated rings. The first-order chi connectivity index (χ1) is 11.1. The Morgan fingerprint density at radius 2 is 2.22 bits per heavy atom. The van der Waals surface area contributed by atoms with E-state index in [1.165, 1.54) is 6.20 Å². The third kappa shape index (κ3) is 1.91. The Balaban J connectivity index is 2.14. The van der Waals surface area contributed by atoms with Crippen LogP contribution in [0.25, 0.3) is 16.6 Å². The largest absolute Gasteiger partial charge is 0.477 e. The average molecular weight is 309 g/mol. The molecule has 0 bridgehead atoms. The van der Waals surface area contributed by atoms with Crippen molar-refractivity contribution in [3.8, 4) is 5.69 Å². The van der Waals surface area contributed by atoms with E-state index in [4.69, 9.17) is 0 Å². The topological polar surface area (TPSA) is 77.1 Å². The number of benzene rings is 1. The number of carboxylic acids is 1. The molecule has 2 aromatic heterocycles. The van der Waals surface area contributed by atoms with Crippen LogP contribution >= 0.6 is 0 Å². The third-order valence-electron chi connectivity index (χ3n) is 4.57. The lowest BCUT2D eigenvalue weighted by Crippen LogP contribution is -2.24. The van der Waals surface area contributed by atoms with Gasteiger partial charge in [-0.1, -0.05) is 0 Å². The molecule has 4 rings (SSSR count). The van der Waals surface area contributed by atoms with Crippen LogP contribution in [0.1, 0.15) is 35.3 Å². The molecule has 3 heterocycles. The average Bonchev–Trinajstić information content (AvgIpc) is 3.06. The number of hydrogen-bond donors (Lipinski definition) is 1. The van der Waals surface area contributed by atoms with Gasteiger partial charge >= 0.3 is 5.97 Å². The highest BCUT2D eigenvalue weighted by Gasteiger charge is 2.24. The van der Waals surface area contributed by atoms with E-state index in [9.17, 15) is 14.7 Å². The minimum Gasteiger partial charge on any atom is -0.477 e. The molecule has 1 N–H and O–H groups in total. The first kappa shape index (κ1) is 13.8. The van der Waals surface area contributed by atoms with Gasteiger partial charge < -0.3 is 14.2 Å². The number of carbonyl (C=O) groups is 1. The number of aromatic nitrogens is 3. The number of aryl methyl sites for hydroxylation is 1. The Morgan fingerprint density at radius 1 is 1.39 bits per heavy atom. The highest BCUT2D eigenvalue weighted by molar-refractivity contribution is 5.94. The van der Waals surface area contributed by atoms with Crippen molar-refractivity contribution in [2.45, 2.75) is 25.8 Å². The molecule has 6 nitrogen and oxygen atoms in total. The molecule has 0 saturated carbocycles. The van der Waals surface area contributed by atoms with E-state index in [1.54, 1.807) is 18.6 Å². The molecule has 0 aliphatic carbocycles. The number of pyridine rings is 1. The van der Waals surface area contributed by atoms with Crippen molar-refractivity contribution in [3.05, 3.63) is 58.4 Å². The maximum Gasteiger partial charge on any atom is 0.341 e. The molecule has 116 valence electrons. The number of hydrogen-bond acceptors (Lipinski definition) is 3. The summed E-state index contributed by atoms with van der Waals surface area (Å²) in [4.78, 5) is 28.0. The van der Waals surface area contributed by atoms with Crippen LogP contribution in [0.3, 0.4) is 0 Å². The predicted octanol–water partition coefficient (Wildman–Crippen LogP) is 2.39. The Hall–Kier alpha value is -2.89. The SMILES string of the molecule is CC1CCc2c(-n3ccnc3)ccc3c(=O)c(C(=O)O)cn1c23. The molecule has 1 aliphatic heterocycles. The summed E-state index contributed by atoms with van der Waals surface area (Å²) in [5, 5.41) is 9.77. The van der Waals surface area contributed by atoms with E-state index in [1.807, 2.05) is 28.3 Å². The summed E-state index contributed by atoms with van der Waals surface area (Å²) in [6.45, 7) is 2.04. The summed E-state index contributed by atoms with van der Waals surface area (Å²) in [6, 6.07) is 3.74. The van der Waals surface area contributed by atoms with Crippen molar-refractivity contribution < 1.29 is 9.90 Å². The van der Waals surface area contributed by atoms with E-state index >= 15 is 0 Å². The van der Waals surface area contributed by atoms with Gasteiger partial charge in [-0.25, -0.2) is 9.78 Å². The molecule has 1 atom stereocenters. The second-order valence-corrected chi connectivity index (χ2v) is 5.90. The van der Waals surface area contributed by atoms with E-state index in [0.717, 1.165) is 29.6 Å². The van der Waals surface area contributed by atoms with Crippen LogP contribution in [0, 0.1) is 0 Å². The molecule has 0 saturated heterocycles. The van der Waals surface area contributed by atoms with Gasteiger partial charge in [-0.2, -0.15) is 0 Å². The van der Waals surface area contributed by atoms with Gasteiger partial charge in [-0.15, -0.1) is 0 Å². The van der Waals surface area contributed by atoms with E-state index in [2.05, 4.69) is 4.98 Å². The van der Waals surface area contributed by atoms with Gasteiger partial charge in [0, 0.05) is 35.6 Å². The lowest BCUT2D eigenvalue weighted by Gasteiger charge is -2.28. The minimum absolute atomic E-state index is 0.154. The molecular formula is C17H15N3O3. The molecule has 1 aliphatic rings. The standard InChI is InChI=1S/C17H15N3O3/c1-10-2-3-11-14(19-7-6-18-9-19)5-4-12-15(11)20(10)8-13(16(12)21)17(22)23/h4-10H,2-3H2,1H3,(H,22,23). The maximum atomic E-state index is 12.5. The fourth-order valence-corrected chi connectivity index (χ4v) is 3.39.